The number of amides is 2. The minimum Gasteiger partial charge on any atom is -0.365 e. The molecule has 5 rings (SSSR count). The first kappa shape index (κ1) is 22.6. The number of hydrogen-bond acceptors (Lipinski definition) is 5. The number of aromatic nitrogens is 3. The van der Waals surface area contributed by atoms with Gasteiger partial charge >= 0.3 is 0 Å². The SMILES string of the molecule is Cc1ccc(C(=O)N2CCN(C(=O)c3nnn4c3CO[C@@H](c3ccc(Cl)cc3)C4)CC2)c(C)c1. The maximum Gasteiger partial charge on any atom is 0.276 e. The predicted molar refractivity (Wildman–Crippen MR) is 127 cm³/mol. The number of halogens is 1. The van der Waals surface area contributed by atoms with Crippen LogP contribution in [0.2, 0.25) is 5.02 Å². The Morgan fingerprint density at radius 1 is 0.971 bits per heavy atom. The summed E-state index contributed by atoms with van der Waals surface area (Å²) in [6.07, 6.45) is -0.172. The fraction of sp³-hybridized carbons (Fsp3) is 0.360. The lowest BCUT2D eigenvalue weighted by atomic mass is 10.0. The summed E-state index contributed by atoms with van der Waals surface area (Å²) >= 11 is 5.98. The molecule has 1 fully saturated rings. The zero-order valence-corrected chi connectivity index (χ0v) is 20.0. The number of rotatable bonds is 3. The van der Waals surface area contributed by atoms with Crippen LogP contribution in [0.1, 0.15) is 49.3 Å². The van der Waals surface area contributed by atoms with E-state index in [9.17, 15) is 9.59 Å². The molecule has 0 radical (unpaired) electrons. The highest BCUT2D eigenvalue weighted by molar-refractivity contribution is 6.30. The molecule has 0 bridgehead atoms. The minimum absolute atomic E-state index is 0.00674. The third kappa shape index (κ3) is 4.31. The van der Waals surface area contributed by atoms with Gasteiger partial charge < -0.3 is 14.5 Å². The van der Waals surface area contributed by atoms with E-state index in [2.05, 4.69) is 10.3 Å². The molecule has 0 spiro atoms. The highest BCUT2D eigenvalue weighted by Crippen LogP contribution is 2.28. The number of fused-ring (bicyclic) bond motifs is 1. The van der Waals surface area contributed by atoms with Gasteiger partial charge in [-0.25, -0.2) is 4.68 Å². The average Bonchev–Trinajstić information content (AvgIpc) is 3.27. The molecule has 2 aromatic carbocycles. The maximum absolute atomic E-state index is 13.2. The number of nitrogens with zero attached hydrogens (tertiary/aromatic N) is 5. The number of carbonyl (C=O) groups excluding carboxylic acids is 2. The van der Waals surface area contributed by atoms with Gasteiger partial charge in [0.1, 0.15) is 6.10 Å². The van der Waals surface area contributed by atoms with Crippen molar-refractivity contribution in [1.29, 1.82) is 0 Å². The molecule has 176 valence electrons. The molecule has 34 heavy (non-hydrogen) atoms. The highest BCUT2D eigenvalue weighted by atomic mass is 35.5. The van der Waals surface area contributed by atoms with Gasteiger partial charge in [-0.05, 0) is 43.2 Å². The molecule has 3 aromatic rings. The first-order valence-corrected chi connectivity index (χ1v) is 11.7. The van der Waals surface area contributed by atoms with E-state index in [1.54, 1.807) is 9.58 Å². The number of aryl methyl sites for hydroxylation is 2. The van der Waals surface area contributed by atoms with Crippen LogP contribution < -0.4 is 0 Å². The fourth-order valence-corrected chi connectivity index (χ4v) is 4.67. The molecule has 0 aliphatic carbocycles. The Balaban J connectivity index is 1.23. The van der Waals surface area contributed by atoms with Gasteiger partial charge in [0.05, 0.1) is 18.8 Å². The molecule has 0 N–H and O–H groups in total. The second-order valence-electron chi connectivity index (χ2n) is 8.82. The Labute approximate surface area is 203 Å². The standard InChI is InChI=1S/C25H26ClN5O3/c1-16-3-8-20(17(2)13-16)24(32)29-9-11-30(12-10-29)25(33)23-21-15-34-22(14-31(21)28-27-23)18-4-6-19(26)7-5-18/h3-8,13,22H,9-12,14-15H2,1-2H3/t22-/m1/s1. The van der Waals surface area contributed by atoms with E-state index in [1.807, 2.05) is 61.2 Å². The number of ether oxygens (including phenoxy) is 1. The van der Waals surface area contributed by atoms with Crippen molar-refractivity contribution in [3.63, 3.8) is 0 Å². The van der Waals surface area contributed by atoms with Gasteiger partial charge in [-0.15, -0.1) is 5.10 Å². The fourth-order valence-electron chi connectivity index (χ4n) is 4.54. The van der Waals surface area contributed by atoms with E-state index in [-0.39, 0.29) is 24.5 Å². The summed E-state index contributed by atoms with van der Waals surface area (Å²) in [7, 11) is 0. The van der Waals surface area contributed by atoms with Gasteiger partial charge in [0.2, 0.25) is 0 Å². The lowest BCUT2D eigenvalue weighted by Gasteiger charge is -2.35. The molecule has 1 atom stereocenters. The van der Waals surface area contributed by atoms with Gasteiger partial charge in [-0.3, -0.25) is 9.59 Å². The molecular weight excluding hydrogens is 454 g/mol. The quantitative estimate of drug-likeness (QED) is 0.575. The second-order valence-corrected chi connectivity index (χ2v) is 9.26. The van der Waals surface area contributed by atoms with E-state index in [1.165, 1.54) is 0 Å². The van der Waals surface area contributed by atoms with Crippen molar-refractivity contribution in [3.8, 4) is 0 Å². The van der Waals surface area contributed by atoms with Crippen LogP contribution in [0.15, 0.2) is 42.5 Å². The van der Waals surface area contributed by atoms with E-state index in [0.717, 1.165) is 16.7 Å². The zero-order valence-electron chi connectivity index (χ0n) is 19.2. The molecule has 1 saturated heterocycles. The summed E-state index contributed by atoms with van der Waals surface area (Å²) in [6.45, 7) is 6.58. The molecule has 9 heteroatoms. The summed E-state index contributed by atoms with van der Waals surface area (Å²) in [5.74, 6) is -0.166. The number of carbonyl (C=O) groups is 2. The van der Waals surface area contributed by atoms with Crippen LogP contribution in [0.3, 0.4) is 0 Å². The van der Waals surface area contributed by atoms with Crippen LogP contribution in [-0.2, 0) is 17.9 Å². The van der Waals surface area contributed by atoms with Crippen LogP contribution in [-0.4, -0.2) is 62.8 Å². The monoisotopic (exact) mass is 479 g/mol. The van der Waals surface area contributed by atoms with Crippen molar-refractivity contribution >= 4 is 23.4 Å². The van der Waals surface area contributed by atoms with Gasteiger partial charge in [-0.1, -0.05) is 46.6 Å². The third-order valence-electron chi connectivity index (χ3n) is 6.51. The lowest BCUT2D eigenvalue weighted by molar-refractivity contribution is -0.00202. The summed E-state index contributed by atoms with van der Waals surface area (Å²) in [6, 6.07) is 13.4. The molecule has 0 saturated carbocycles. The van der Waals surface area contributed by atoms with Crippen molar-refractivity contribution in [3.05, 3.63) is 81.1 Å². The second kappa shape index (κ2) is 9.19. The zero-order chi connectivity index (χ0) is 23.8. The van der Waals surface area contributed by atoms with Crippen molar-refractivity contribution in [2.24, 2.45) is 0 Å². The first-order chi connectivity index (χ1) is 16.4. The van der Waals surface area contributed by atoms with E-state index in [4.69, 9.17) is 16.3 Å². The molecule has 2 amide bonds. The number of benzene rings is 2. The van der Waals surface area contributed by atoms with Gasteiger partial charge in [-0.2, -0.15) is 0 Å². The molecular formula is C25H26ClN5O3. The van der Waals surface area contributed by atoms with Crippen LogP contribution in [0, 0.1) is 13.8 Å². The van der Waals surface area contributed by atoms with Crippen LogP contribution >= 0.6 is 11.6 Å². The van der Waals surface area contributed by atoms with Crippen LogP contribution in [0.4, 0.5) is 0 Å². The molecule has 2 aliphatic heterocycles. The summed E-state index contributed by atoms with van der Waals surface area (Å²) < 4.78 is 7.76. The Kier molecular flexibility index (Phi) is 6.10. The van der Waals surface area contributed by atoms with E-state index in [0.29, 0.717) is 54.7 Å². The van der Waals surface area contributed by atoms with Gasteiger partial charge in [0, 0.05) is 36.8 Å². The number of piperazine rings is 1. The van der Waals surface area contributed by atoms with Crippen molar-refractivity contribution in [2.75, 3.05) is 26.2 Å². The predicted octanol–water partition coefficient (Wildman–Crippen LogP) is 3.42. The Morgan fingerprint density at radius 2 is 1.65 bits per heavy atom. The van der Waals surface area contributed by atoms with E-state index < -0.39 is 0 Å². The normalized spacial score (nSPS) is 18.0. The number of hydrogen-bond donors (Lipinski definition) is 0. The Bertz CT molecular complexity index is 1230. The molecule has 0 unspecified atom stereocenters. The first-order valence-electron chi connectivity index (χ1n) is 11.4. The summed E-state index contributed by atoms with van der Waals surface area (Å²) in [5.41, 5.74) is 4.82. The van der Waals surface area contributed by atoms with Crippen molar-refractivity contribution in [1.82, 2.24) is 24.8 Å². The maximum atomic E-state index is 13.2. The minimum atomic E-state index is -0.173. The molecule has 1 aromatic heterocycles. The topological polar surface area (TPSA) is 80.6 Å². The highest BCUT2D eigenvalue weighted by Gasteiger charge is 2.32. The summed E-state index contributed by atoms with van der Waals surface area (Å²) in [5, 5.41) is 9.06. The van der Waals surface area contributed by atoms with Gasteiger partial charge in [0.15, 0.2) is 5.69 Å². The Morgan fingerprint density at radius 3 is 2.32 bits per heavy atom. The molecule has 8 nitrogen and oxygen atoms in total. The van der Waals surface area contributed by atoms with Gasteiger partial charge in [0.25, 0.3) is 11.8 Å². The lowest BCUT2D eigenvalue weighted by Crippen LogP contribution is -2.51. The third-order valence-corrected chi connectivity index (χ3v) is 6.76. The Hall–Kier alpha value is -3.23. The molecule has 2 aliphatic rings. The van der Waals surface area contributed by atoms with Crippen molar-refractivity contribution in [2.45, 2.75) is 33.1 Å². The average molecular weight is 480 g/mol. The van der Waals surface area contributed by atoms with Crippen LogP contribution in [0.25, 0.3) is 0 Å². The van der Waals surface area contributed by atoms with Crippen LogP contribution in [0.5, 0.6) is 0 Å². The largest absolute Gasteiger partial charge is 0.365 e. The summed E-state index contributed by atoms with van der Waals surface area (Å²) in [4.78, 5) is 29.7. The molecule has 3 heterocycles. The van der Waals surface area contributed by atoms with Crippen molar-refractivity contribution < 1.29 is 14.3 Å². The smallest absolute Gasteiger partial charge is 0.276 e. The van der Waals surface area contributed by atoms with E-state index >= 15 is 0 Å².